The Bertz CT molecular complexity index is 259. The van der Waals surface area contributed by atoms with E-state index in [1.807, 2.05) is 0 Å². The van der Waals surface area contributed by atoms with Crippen LogP contribution in [-0.4, -0.2) is 63.2 Å². The first kappa shape index (κ1) is 29.4. The van der Waals surface area contributed by atoms with E-state index in [0.717, 1.165) is 12.8 Å². The highest BCUT2D eigenvalue weighted by Gasteiger charge is 2.26. The molecule has 0 radical (unpaired) electrons. The summed E-state index contributed by atoms with van der Waals surface area (Å²) in [6, 6.07) is 0. The summed E-state index contributed by atoms with van der Waals surface area (Å²) in [5.74, 6) is 0. The van der Waals surface area contributed by atoms with Gasteiger partial charge in [0.1, 0.15) is 0 Å². The molecule has 0 aromatic carbocycles. The highest BCUT2D eigenvalue weighted by Crippen LogP contribution is 2.24. The van der Waals surface area contributed by atoms with E-state index in [9.17, 15) is 0 Å². The second-order valence-corrected chi connectivity index (χ2v) is 7.87. The summed E-state index contributed by atoms with van der Waals surface area (Å²) in [7, 11) is -2.14. The summed E-state index contributed by atoms with van der Waals surface area (Å²) in [5, 5.41) is 34.0. The fraction of sp³-hybridized carbons (Fsp3) is 1.00. The maximum atomic E-state index is 8.53. The molecular formula is C19H43O7P. The third-order valence-electron chi connectivity index (χ3n) is 4.55. The van der Waals surface area contributed by atoms with Crippen molar-refractivity contribution >= 4 is 8.60 Å². The Morgan fingerprint density at radius 3 is 1.19 bits per heavy atom. The maximum absolute atomic E-state index is 8.53. The van der Waals surface area contributed by atoms with Gasteiger partial charge >= 0.3 is 8.60 Å². The minimum Gasteiger partial charge on any atom is -0.396 e. The molecule has 0 aliphatic carbocycles. The van der Waals surface area contributed by atoms with Crippen LogP contribution in [0.3, 0.4) is 0 Å². The Morgan fingerprint density at radius 1 is 0.593 bits per heavy atom. The topological polar surface area (TPSA) is 131 Å². The molecule has 0 spiro atoms. The van der Waals surface area contributed by atoms with Crippen LogP contribution in [0, 0.1) is 5.41 Å². The van der Waals surface area contributed by atoms with Crippen molar-refractivity contribution < 1.29 is 34.7 Å². The van der Waals surface area contributed by atoms with Crippen molar-refractivity contribution in [1.29, 1.82) is 0 Å². The number of aliphatic hydroxyl groups is 4. The Hall–Kier alpha value is 0.150. The molecule has 0 aromatic heterocycles. The zero-order chi connectivity index (χ0) is 20.8. The Balaban J connectivity index is 0. The monoisotopic (exact) mass is 414 g/mol. The fourth-order valence-electron chi connectivity index (χ4n) is 2.39. The van der Waals surface area contributed by atoms with Gasteiger partial charge in [0, 0.05) is 0 Å². The van der Waals surface area contributed by atoms with Crippen molar-refractivity contribution in [3.63, 3.8) is 0 Å². The molecule has 0 saturated heterocycles. The first-order valence-corrected chi connectivity index (χ1v) is 11.4. The lowest BCUT2D eigenvalue weighted by molar-refractivity contribution is -0.0328. The van der Waals surface area contributed by atoms with E-state index in [4.69, 9.17) is 34.7 Å². The summed E-state index contributed by atoms with van der Waals surface area (Å²) in [6.45, 7) is 1.11. The normalized spacial score (nSPS) is 11.6. The van der Waals surface area contributed by atoms with Crippen LogP contribution in [-0.2, 0) is 4.52 Å². The average Bonchev–Trinajstić information content (AvgIpc) is 2.68. The van der Waals surface area contributed by atoms with E-state index < -0.39 is 40.4 Å². The molecule has 166 valence electrons. The zero-order valence-electron chi connectivity index (χ0n) is 17.1. The third-order valence-corrected chi connectivity index (χ3v) is 4.96. The minimum atomic E-state index is -2.14. The second kappa shape index (κ2) is 22.4. The first-order chi connectivity index (χ1) is 13.0. The molecule has 8 heteroatoms. The Labute approximate surface area is 166 Å². The van der Waals surface area contributed by atoms with E-state index in [1.54, 1.807) is 0 Å². The van der Waals surface area contributed by atoms with Crippen molar-refractivity contribution in [2.24, 2.45) is 5.41 Å². The van der Waals surface area contributed by atoms with Crippen molar-refractivity contribution in [2.45, 2.75) is 84.0 Å². The lowest BCUT2D eigenvalue weighted by atomic mass is 9.93. The van der Waals surface area contributed by atoms with Crippen molar-refractivity contribution in [2.75, 3.05) is 33.0 Å². The number of hydrogen-bond acceptors (Lipinski definition) is 7. The van der Waals surface area contributed by atoms with Crippen LogP contribution in [0.5, 0.6) is 0 Å². The largest absolute Gasteiger partial charge is 0.396 e. The molecule has 0 aliphatic heterocycles. The average molecular weight is 415 g/mol. The smallest absolute Gasteiger partial charge is 0.327 e. The SMILES string of the molecule is CCCCCCCCCCCCCCOP(O)O.OCC(CO)(CO)CO. The molecule has 0 fully saturated rings. The molecule has 0 atom stereocenters. The molecule has 6 N–H and O–H groups in total. The molecule has 7 nitrogen and oxygen atoms in total. The van der Waals surface area contributed by atoms with Gasteiger partial charge in [0.15, 0.2) is 0 Å². The number of unbranched alkanes of at least 4 members (excludes halogenated alkanes) is 11. The fourth-order valence-corrected chi connectivity index (χ4v) is 2.68. The van der Waals surface area contributed by atoms with E-state index in [1.165, 1.54) is 64.2 Å². The number of rotatable bonds is 18. The van der Waals surface area contributed by atoms with Crippen LogP contribution in [0.15, 0.2) is 0 Å². The standard InChI is InChI=1S/C14H31O3P.C5H12O4/c1-2-3-4-5-6-7-8-9-10-11-12-13-14-17-18(15)16;6-1-5(2-7,3-8)4-9/h15-16H,2-14H2,1H3;6-9H,1-4H2. The molecule has 0 rings (SSSR count). The van der Waals surface area contributed by atoms with Crippen LogP contribution in [0.2, 0.25) is 0 Å². The Kier molecular flexibility index (Phi) is 24.4. The van der Waals surface area contributed by atoms with Crippen LogP contribution in [0.25, 0.3) is 0 Å². The lowest BCUT2D eigenvalue weighted by Gasteiger charge is -2.23. The van der Waals surface area contributed by atoms with E-state index in [2.05, 4.69) is 6.92 Å². The van der Waals surface area contributed by atoms with E-state index in [0.29, 0.717) is 6.61 Å². The van der Waals surface area contributed by atoms with Crippen LogP contribution in [0.4, 0.5) is 0 Å². The van der Waals surface area contributed by atoms with Crippen molar-refractivity contribution in [3.05, 3.63) is 0 Å². The molecule has 0 aliphatic rings. The molecular weight excluding hydrogens is 371 g/mol. The number of aliphatic hydroxyl groups excluding tert-OH is 4. The molecule has 0 bridgehead atoms. The van der Waals surface area contributed by atoms with E-state index in [-0.39, 0.29) is 0 Å². The summed E-state index contributed by atoms with van der Waals surface area (Å²) < 4.78 is 4.71. The van der Waals surface area contributed by atoms with Crippen molar-refractivity contribution in [1.82, 2.24) is 0 Å². The van der Waals surface area contributed by atoms with Crippen LogP contribution in [0.1, 0.15) is 84.0 Å². The van der Waals surface area contributed by atoms with E-state index >= 15 is 0 Å². The Morgan fingerprint density at radius 2 is 0.926 bits per heavy atom. The summed E-state index contributed by atoms with van der Waals surface area (Å²) in [6.07, 6.45) is 15.7. The van der Waals surface area contributed by atoms with Gasteiger partial charge in [0.2, 0.25) is 0 Å². The van der Waals surface area contributed by atoms with Crippen molar-refractivity contribution in [3.8, 4) is 0 Å². The van der Waals surface area contributed by atoms with Gasteiger partial charge in [-0.2, -0.15) is 0 Å². The molecule has 27 heavy (non-hydrogen) atoms. The predicted molar refractivity (Wildman–Crippen MR) is 109 cm³/mol. The summed E-state index contributed by atoms with van der Waals surface area (Å²) in [5.41, 5.74) is -1.11. The van der Waals surface area contributed by atoms with Gasteiger partial charge in [-0.05, 0) is 6.42 Å². The summed E-state index contributed by atoms with van der Waals surface area (Å²) in [4.78, 5) is 17.1. The quantitative estimate of drug-likeness (QED) is 0.150. The lowest BCUT2D eigenvalue weighted by Crippen LogP contribution is -2.37. The molecule has 0 amide bonds. The predicted octanol–water partition coefficient (Wildman–Crippen LogP) is 2.86. The number of hydrogen-bond donors (Lipinski definition) is 6. The van der Waals surface area contributed by atoms with Gasteiger partial charge in [-0.1, -0.05) is 77.6 Å². The maximum Gasteiger partial charge on any atom is 0.327 e. The van der Waals surface area contributed by atoms with Crippen LogP contribution >= 0.6 is 8.60 Å². The summed E-state index contributed by atoms with van der Waals surface area (Å²) >= 11 is 0. The van der Waals surface area contributed by atoms with Gasteiger partial charge in [0.05, 0.1) is 38.4 Å². The zero-order valence-corrected chi connectivity index (χ0v) is 18.0. The molecule has 0 unspecified atom stereocenters. The van der Waals surface area contributed by atoms with Gasteiger partial charge in [-0.3, -0.25) is 0 Å². The van der Waals surface area contributed by atoms with Gasteiger partial charge in [0.25, 0.3) is 0 Å². The highest BCUT2D eigenvalue weighted by atomic mass is 31.2. The van der Waals surface area contributed by atoms with Gasteiger partial charge in [-0.25, -0.2) is 0 Å². The molecule has 0 saturated carbocycles. The third kappa shape index (κ3) is 20.7. The van der Waals surface area contributed by atoms with Crippen LogP contribution < -0.4 is 0 Å². The minimum absolute atomic E-state index is 0.406. The highest BCUT2D eigenvalue weighted by molar-refractivity contribution is 7.39. The molecule has 0 aromatic rings. The van der Waals surface area contributed by atoms with Gasteiger partial charge < -0.3 is 34.7 Å². The first-order valence-electron chi connectivity index (χ1n) is 10.3. The second-order valence-electron chi connectivity index (χ2n) is 7.11. The molecule has 0 heterocycles. The van der Waals surface area contributed by atoms with Gasteiger partial charge in [-0.15, -0.1) is 0 Å².